The van der Waals surface area contributed by atoms with Gasteiger partial charge in [0.2, 0.25) is 11.8 Å². The van der Waals surface area contributed by atoms with Gasteiger partial charge in [-0.05, 0) is 60.9 Å². The smallest absolute Gasteiger partial charge is 0.319 e. The van der Waals surface area contributed by atoms with Crippen LogP contribution in [0.25, 0.3) is 11.1 Å². The summed E-state index contributed by atoms with van der Waals surface area (Å²) in [5, 5.41) is 7.63. The highest BCUT2D eigenvalue weighted by molar-refractivity contribution is 6.30. The van der Waals surface area contributed by atoms with E-state index in [0.29, 0.717) is 11.1 Å². The zero-order valence-electron chi connectivity index (χ0n) is 20.4. The standard InChI is InChI=1S/C27H24ClF3N4O3/c1-14(32-15(2)36)16-4-3-5-17(12-16)19-7-9-23(25(31)24(19)30)35-11-10-22(26(35)37)34-27(38)33-21-8-6-18(28)13-20(21)29/h3-9,12-14,22H,10-11H2,1-2H3,(H,32,36)(H2,33,34,38)/t14?,22-/m1/s1. The molecule has 1 aliphatic heterocycles. The first-order valence-corrected chi connectivity index (χ1v) is 12.1. The quantitative estimate of drug-likeness (QED) is 0.380. The van der Waals surface area contributed by atoms with Crippen LogP contribution in [0.4, 0.5) is 29.3 Å². The summed E-state index contributed by atoms with van der Waals surface area (Å²) >= 11 is 5.70. The molecule has 0 saturated carbocycles. The average molecular weight is 545 g/mol. The van der Waals surface area contributed by atoms with Gasteiger partial charge in [0.1, 0.15) is 11.9 Å². The number of nitrogens with zero attached hydrogens (tertiary/aromatic N) is 1. The molecule has 38 heavy (non-hydrogen) atoms. The Bertz CT molecular complexity index is 1420. The predicted molar refractivity (Wildman–Crippen MR) is 138 cm³/mol. The van der Waals surface area contributed by atoms with E-state index < -0.39 is 35.4 Å². The molecular formula is C27H24ClF3N4O3. The molecule has 3 aromatic rings. The van der Waals surface area contributed by atoms with Crippen molar-refractivity contribution >= 4 is 40.8 Å². The van der Waals surface area contributed by atoms with E-state index in [9.17, 15) is 18.8 Å². The second-order valence-corrected chi connectivity index (χ2v) is 9.30. The second kappa shape index (κ2) is 11.1. The maximum absolute atomic E-state index is 15.2. The molecule has 11 heteroatoms. The lowest BCUT2D eigenvalue weighted by Crippen LogP contribution is -2.43. The molecule has 0 radical (unpaired) electrons. The fraction of sp³-hybridized carbons (Fsp3) is 0.222. The Hall–Kier alpha value is -4.05. The van der Waals surface area contributed by atoms with Gasteiger partial charge in [0, 0.05) is 24.1 Å². The Kier molecular flexibility index (Phi) is 7.91. The average Bonchev–Trinajstić information content (AvgIpc) is 3.21. The number of amides is 4. The second-order valence-electron chi connectivity index (χ2n) is 8.86. The van der Waals surface area contributed by atoms with Gasteiger partial charge in [0.05, 0.1) is 17.4 Å². The summed E-state index contributed by atoms with van der Waals surface area (Å²) in [6, 6.07) is 10.9. The van der Waals surface area contributed by atoms with Crippen LogP contribution in [0.3, 0.4) is 0 Å². The number of hydrogen-bond donors (Lipinski definition) is 3. The largest absolute Gasteiger partial charge is 0.350 e. The summed E-state index contributed by atoms with van der Waals surface area (Å²) in [5.41, 5.74) is 0.720. The van der Waals surface area contributed by atoms with Crippen molar-refractivity contribution in [2.75, 3.05) is 16.8 Å². The van der Waals surface area contributed by atoms with Gasteiger partial charge in [-0.25, -0.2) is 18.0 Å². The van der Waals surface area contributed by atoms with Crippen LogP contribution in [0.2, 0.25) is 5.02 Å². The topological polar surface area (TPSA) is 90.5 Å². The van der Waals surface area contributed by atoms with E-state index >= 15 is 8.78 Å². The third kappa shape index (κ3) is 5.75. The van der Waals surface area contributed by atoms with E-state index in [-0.39, 0.29) is 46.9 Å². The maximum atomic E-state index is 15.2. The number of anilines is 2. The van der Waals surface area contributed by atoms with Crippen LogP contribution in [0.5, 0.6) is 0 Å². The minimum Gasteiger partial charge on any atom is -0.350 e. The van der Waals surface area contributed by atoms with Gasteiger partial charge in [-0.15, -0.1) is 0 Å². The van der Waals surface area contributed by atoms with Crippen molar-refractivity contribution in [1.82, 2.24) is 10.6 Å². The first kappa shape index (κ1) is 27.0. The van der Waals surface area contributed by atoms with Crippen molar-refractivity contribution < 1.29 is 27.6 Å². The number of nitrogens with one attached hydrogen (secondary N) is 3. The zero-order chi connectivity index (χ0) is 27.6. The number of carbonyl (C=O) groups excluding carboxylic acids is 3. The summed E-state index contributed by atoms with van der Waals surface area (Å²) in [6.07, 6.45) is 0.140. The van der Waals surface area contributed by atoms with Gasteiger partial charge in [-0.2, -0.15) is 0 Å². The minimum absolute atomic E-state index is 0.00573. The molecule has 0 spiro atoms. The van der Waals surface area contributed by atoms with E-state index in [2.05, 4.69) is 16.0 Å². The molecule has 3 N–H and O–H groups in total. The van der Waals surface area contributed by atoms with E-state index in [1.807, 2.05) is 0 Å². The van der Waals surface area contributed by atoms with E-state index in [1.54, 1.807) is 31.2 Å². The first-order chi connectivity index (χ1) is 18.0. The molecule has 0 bridgehead atoms. The van der Waals surface area contributed by atoms with Crippen molar-refractivity contribution in [3.63, 3.8) is 0 Å². The van der Waals surface area contributed by atoms with Crippen LogP contribution >= 0.6 is 11.6 Å². The number of urea groups is 1. The molecule has 0 aliphatic carbocycles. The van der Waals surface area contributed by atoms with E-state index in [1.165, 1.54) is 31.2 Å². The predicted octanol–water partition coefficient (Wildman–Crippen LogP) is 5.55. The van der Waals surface area contributed by atoms with Crippen LogP contribution in [-0.2, 0) is 9.59 Å². The van der Waals surface area contributed by atoms with Gasteiger partial charge in [0.25, 0.3) is 0 Å². The number of halogens is 4. The zero-order valence-corrected chi connectivity index (χ0v) is 21.2. The van der Waals surface area contributed by atoms with Crippen LogP contribution in [0, 0.1) is 17.5 Å². The number of hydrogen-bond acceptors (Lipinski definition) is 3. The fourth-order valence-electron chi connectivity index (χ4n) is 4.29. The minimum atomic E-state index is -1.20. The normalized spacial score (nSPS) is 15.8. The van der Waals surface area contributed by atoms with Crippen molar-refractivity contribution in [2.45, 2.75) is 32.4 Å². The van der Waals surface area contributed by atoms with Crippen LogP contribution in [0.15, 0.2) is 54.6 Å². The van der Waals surface area contributed by atoms with Gasteiger partial charge < -0.3 is 20.9 Å². The number of rotatable bonds is 6. The Morgan fingerprint density at radius 3 is 2.53 bits per heavy atom. The summed E-state index contributed by atoms with van der Waals surface area (Å²) in [4.78, 5) is 37.6. The Balaban J connectivity index is 1.49. The molecule has 1 unspecified atom stereocenters. The van der Waals surface area contributed by atoms with Gasteiger partial charge in [-0.3, -0.25) is 9.59 Å². The summed E-state index contributed by atoms with van der Waals surface area (Å²) in [6.45, 7) is 3.20. The van der Waals surface area contributed by atoms with Crippen molar-refractivity contribution in [3.05, 3.63) is 82.6 Å². The third-order valence-corrected chi connectivity index (χ3v) is 6.40. The monoisotopic (exact) mass is 544 g/mol. The van der Waals surface area contributed by atoms with Crippen LogP contribution < -0.4 is 20.9 Å². The SMILES string of the molecule is CC(=O)NC(C)c1cccc(-c2ccc(N3CC[C@@H](NC(=O)Nc4ccc(Cl)cc4F)C3=O)c(F)c2F)c1. The van der Waals surface area contributed by atoms with Crippen molar-refractivity contribution in [1.29, 1.82) is 0 Å². The van der Waals surface area contributed by atoms with Crippen LogP contribution in [0.1, 0.15) is 31.9 Å². The lowest BCUT2D eigenvalue weighted by molar-refractivity contribution is -0.120. The van der Waals surface area contributed by atoms with Gasteiger partial charge in [-0.1, -0.05) is 29.8 Å². The molecular weight excluding hydrogens is 521 g/mol. The molecule has 0 aromatic heterocycles. The van der Waals surface area contributed by atoms with Crippen LogP contribution in [-0.4, -0.2) is 30.4 Å². The number of benzene rings is 3. The molecule has 1 aliphatic rings. The highest BCUT2D eigenvalue weighted by atomic mass is 35.5. The molecule has 1 fully saturated rings. The third-order valence-electron chi connectivity index (χ3n) is 6.16. The Morgan fingerprint density at radius 2 is 1.82 bits per heavy atom. The fourth-order valence-corrected chi connectivity index (χ4v) is 4.45. The molecule has 4 amide bonds. The highest BCUT2D eigenvalue weighted by Gasteiger charge is 2.36. The molecule has 7 nitrogen and oxygen atoms in total. The first-order valence-electron chi connectivity index (χ1n) is 11.7. The van der Waals surface area contributed by atoms with E-state index in [0.717, 1.165) is 11.0 Å². The summed E-state index contributed by atoms with van der Waals surface area (Å²) in [7, 11) is 0. The molecule has 3 aromatic carbocycles. The lowest BCUT2D eigenvalue weighted by Gasteiger charge is -2.20. The lowest BCUT2D eigenvalue weighted by atomic mass is 9.99. The van der Waals surface area contributed by atoms with Gasteiger partial charge in [0.15, 0.2) is 11.6 Å². The molecule has 1 heterocycles. The Labute approximate surface area is 222 Å². The molecule has 2 atom stereocenters. The molecule has 198 valence electrons. The molecule has 1 saturated heterocycles. The summed E-state index contributed by atoms with van der Waals surface area (Å²) < 4.78 is 44.3. The van der Waals surface area contributed by atoms with E-state index in [4.69, 9.17) is 11.6 Å². The summed E-state index contributed by atoms with van der Waals surface area (Å²) in [5.74, 6) is -3.94. The molecule has 4 rings (SSSR count). The Morgan fingerprint density at radius 1 is 1.05 bits per heavy atom. The maximum Gasteiger partial charge on any atom is 0.319 e. The number of carbonyl (C=O) groups is 3. The van der Waals surface area contributed by atoms with Crippen molar-refractivity contribution in [2.24, 2.45) is 0 Å². The van der Waals surface area contributed by atoms with Crippen molar-refractivity contribution in [3.8, 4) is 11.1 Å². The van der Waals surface area contributed by atoms with Gasteiger partial charge >= 0.3 is 6.03 Å². The highest BCUT2D eigenvalue weighted by Crippen LogP contribution is 2.33.